The topological polar surface area (TPSA) is 155 Å². The Morgan fingerprint density at radius 3 is 2.90 bits per heavy atom. The second-order valence-electron chi connectivity index (χ2n) is 3.90. The summed E-state index contributed by atoms with van der Waals surface area (Å²) < 4.78 is 0. The van der Waals surface area contributed by atoms with Crippen molar-refractivity contribution in [1.29, 1.82) is 10.7 Å². The van der Waals surface area contributed by atoms with E-state index in [4.69, 9.17) is 16.4 Å². The van der Waals surface area contributed by atoms with E-state index in [-0.39, 0.29) is 17.5 Å². The zero-order chi connectivity index (χ0) is 15.4. The minimum atomic E-state index is -0.653. The highest BCUT2D eigenvalue weighted by Gasteiger charge is 2.17. The summed E-state index contributed by atoms with van der Waals surface area (Å²) in [4.78, 5) is 17.6. The molecule has 4 N–H and O–H groups in total. The Morgan fingerprint density at radius 2 is 2.29 bits per heavy atom. The van der Waals surface area contributed by atoms with Crippen molar-refractivity contribution in [3.63, 3.8) is 0 Å². The van der Waals surface area contributed by atoms with Crippen LogP contribution in [0.5, 0.6) is 0 Å². The van der Waals surface area contributed by atoms with Gasteiger partial charge in [-0.3, -0.25) is 10.1 Å². The average molecular weight is 283 g/mol. The number of anilines is 3. The maximum atomic E-state index is 10.9. The minimum absolute atomic E-state index is 0.106. The Balaban J connectivity index is 2.52. The number of hydrogen-bond acceptors (Lipinski definition) is 8. The molecular weight excluding hydrogens is 274 g/mol. The van der Waals surface area contributed by atoms with Gasteiger partial charge in [-0.15, -0.1) is 0 Å². The quantitative estimate of drug-likeness (QED) is 0.437. The van der Waals surface area contributed by atoms with Gasteiger partial charge < -0.3 is 16.5 Å². The Bertz CT molecular complexity index is 767. The van der Waals surface area contributed by atoms with E-state index in [1.165, 1.54) is 12.1 Å². The molecule has 0 amide bonds. The Hall–Kier alpha value is -3.54. The van der Waals surface area contributed by atoms with Gasteiger partial charge in [-0.25, -0.2) is 4.98 Å². The molecule has 0 radical (unpaired) electrons. The summed E-state index contributed by atoms with van der Waals surface area (Å²) >= 11 is 0. The lowest BCUT2D eigenvalue weighted by molar-refractivity contribution is -0.384. The fraction of sp³-hybridized carbons (Fsp3) is 0. The molecular formula is C12H9N7O2. The zero-order valence-electron chi connectivity index (χ0n) is 10.6. The smallest absolute Gasteiger partial charge is 0.329 e. The molecule has 1 aromatic carbocycles. The summed E-state index contributed by atoms with van der Waals surface area (Å²) in [5, 5.41) is 29.9. The van der Waals surface area contributed by atoms with Crippen molar-refractivity contribution in [2.45, 2.75) is 0 Å². The molecule has 21 heavy (non-hydrogen) atoms. The van der Waals surface area contributed by atoms with E-state index in [2.05, 4.69) is 15.3 Å². The van der Waals surface area contributed by atoms with E-state index >= 15 is 0 Å². The average Bonchev–Trinajstić information content (AvgIpc) is 2.47. The van der Waals surface area contributed by atoms with Crippen LogP contribution in [0.1, 0.15) is 11.1 Å². The molecule has 2 rings (SSSR count). The molecule has 0 aliphatic carbocycles. The van der Waals surface area contributed by atoms with Gasteiger partial charge in [0.25, 0.3) is 0 Å². The number of benzene rings is 1. The number of aromatic nitrogens is 2. The first-order valence-electron chi connectivity index (χ1n) is 5.63. The van der Waals surface area contributed by atoms with Crippen LogP contribution in [0.25, 0.3) is 0 Å². The number of nitrogens with zero attached hydrogens (tertiary/aromatic N) is 4. The lowest BCUT2D eigenvalue weighted by Gasteiger charge is -2.09. The molecule has 0 saturated carbocycles. The lowest BCUT2D eigenvalue weighted by Crippen LogP contribution is -2.05. The molecule has 0 fully saturated rings. The van der Waals surface area contributed by atoms with Crippen LogP contribution in [-0.4, -0.2) is 21.1 Å². The van der Waals surface area contributed by atoms with E-state index in [0.29, 0.717) is 16.8 Å². The SMILES string of the molecule is N#Cc1ccc(C=N)c(Nc2nc(N)ncc2[N+](=O)[O-])c1. The van der Waals surface area contributed by atoms with E-state index in [1.807, 2.05) is 6.07 Å². The number of nitrogens with one attached hydrogen (secondary N) is 2. The fourth-order valence-corrected chi connectivity index (χ4v) is 1.60. The Kier molecular flexibility index (Phi) is 3.71. The number of nitro groups is 1. The highest BCUT2D eigenvalue weighted by Crippen LogP contribution is 2.27. The first-order valence-corrected chi connectivity index (χ1v) is 5.63. The van der Waals surface area contributed by atoms with Crippen molar-refractivity contribution < 1.29 is 4.92 Å². The highest BCUT2D eigenvalue weighted by molar-refractivity contribution is 5.88. The second-order valence-corrected chi connectivity index (χ2v) is 3.90. The lowest BCUT2D eigenvalue weighted by atomic mass is 10.1. The summed E-state index contributed by atoms with van der Waals surface area (Å²) in [6, 6.07) is 6.49. The molecule has 0 bridgehead atoms. The maximum Gasteiger partial charge on any atom is 0.329 e. The number of hydrogen-bond donors (Lipinski definition) is 3. The van der Waals surface area contributed by atoms with Crippen LogP contribution < -0.4 is 11.1 Å². The van der Waals surface area contributed by atoms with E-state index in [0.717, 1.165) is 12.4 Å². The van der Waals surface area contributed by atoms with Crippen LogP contribution in [0.4, 0.5) is 23.1 Å². The Labute approximate surface area is 118 Å². The molecule has 9 heteroatoms. The van der Waals surface area contributed by atoms with Gasteiger partial charge in [0, 0.05) is 17.5 Å². The number of nitrogen functional groups attached to an aromatic ring is 1. The molecule has 0 aliphatic rings. The summed E-state index contributed by atoms with van der Waals surface area (Å²) in [6.07, 6.45) is 2.04. The molecule has 9 nitrogen and oxygen atoms in total. The second kappa shape index (κ2) is 5.62. The van der Waals surface area contributed by atoms with Crippen LogP contribution in [0, 0.1) is 26.9 Å². The van der Waals surface area contributed by atoms with E-state index in [1.54, 1.807) is 6.07 Å². The predicted octanol–water partition coefficient (Wildman–Crippen LogP) is 1.58. The van der Waals surface area contributed by atoms with Crippen molar-refractivity contribution in [3.8, 4) is 6.07 Å². The third-order valence-electron chi connectivity index (χ3n) is 2.58. The van der Waals surface area contributed by atoms with Crippen molar-refractivity contribution in [1.82, 2.24) is 9.97 Å². The molecule has 0 aliphatic heterocycles. The summed E-state index contributed by atoms with van der Waals surface area (Å²) in [6.45, 7) is 0. The summed E-state index contributed by atoms with van der Waals surface area (Å²) in [7, 11) is 0. The van der Waals surface area contributed by atoms with Gasteiger partial charge in [0.1, 0.15) is 6.20 Å². The summed E-state index contributed by atoms with van der Waals surface area (Å²) in [5.74, 6) is -0.235. The van der Waals surface area contributed by atoms with Crippen molar-refractivity contribution in [2.75, 3.05) is 11.1 Å². The highest BCUT2D eigenvalue weighted by atomic mass is 16.6. The molecule has 1 aromatic heterocycles. The number of nitrogens with two attached hydrogens (primary N) is 1. The fourth-order valence-electron chi connectivity index (χ4n) is 1.60. The van der Waals surface area contributed by atoms with Gasteiger partial charge >= 0.3 is 5.69 Å². The van der Waals surface area contributed by atoms with Gasteiger partial charge in [0.2, 0.25) is 11.8 Å². The normalized spacial score (nSPS) is 9.67. The third kappa shape index (κ3) is 2.90. The van der Waals surface area contributed by atoms with Crippen LogP contribution in [0.15, 0.2) is 24.4 Å². The minimum Gasteiger partial charge on any atom is -0.368 e. The molecule has 0 saturated heterocycles. The van der Waals surface area contributed by atoms with Gasteiger partial charge in [-0.1, -0.05) is 6.07 Å². The van der Waals surface area contributed by atoms with E-state index < -0.39 is 4.92 Å². The van der Waals surface area contributed by atoms with Crippen molar-refractivity contribution >= 4 is 29.4 Å². The molecule has 104 valence electrons. The predicted molar refractivity (Wildman–Crippen MR) is 75.4 cm³/mol. The Morgan fingerprint density at radius 1 is 1.52 bits per heavy atom. The number of nitriles is 1. The van der Waals surface area contributed by atoms with Gasteiger partial charge in [-0.2, -0.15) is 10.2 Å². The first-order chi connectivity index (χ1) is 10.0. The van der Waals surface area contributed by atoms with Crippen LogP contribution in [-0.2, 0) is 0 Å². The van der Waals surface area contributed by atoms with Gasteiger partial charge in [0.15, 0.2) is 0 Å². The zero-order valence-corrected chi connectivity index (χ0v) is 10.6. The number of rotatable bonds is 4. The molecule has 0 atom stereocenters. The van der Waals surface area contributed by atoms with Crippen LogP contribution in [0.2, 0.25) is 0 Å². The third-order valence-corrected chi connectivity index (χ3v) is 2.58. The van der Waals surface area contributed by atoms with Crippen molar-refractivity contribution in [3.05, 3.63) is 45.6 Å². The van der Waals surface area contributed by atoms with Crippen molar-refractivity contribution in [2.24, 2.45) is 0 Å². The molecule has 0 unspecified atom stereocenters. The van der Waals surface area contributed by atoms with Gasteiger partial charge in [-0.05, 0) is 12.1 Å². The first kappa shape index (κ1) is 13.9. The summed E-state index contributed by atoms with van der Waals surface area (Å²) in [5.41, 5.74) is 6.19. The van der Waals surface area contributed by atoms with Gasteiger partial charge in [0.05, 0.1) is 16.6 Å². The monoisotopic (exact) mass is 283 g/mol. The molecule has 1 heterocycles. The molecule has 2 aromatic rings. The standard InChI is InChI=1S/C12H9N7O2/c13-4-7-1-2-8(5-14)9(3-7)17-11-10(19(20)21)6-16-12(15)18-11/h1-3,5-6,14H,(H3,15,16,17,18). The molecule has 0 spiro atoms. The van der Waals surface area contributed by atoms with E-state index in [9.17, 15) is 10.1 Å². The largest absolute Gasteiger partial charge is 0.368 e. The maximum absolute atomic E-state index is 10.9. The van der Waals surface area contributed by atoms with Crippen LogP contribution >= 0.6 is 0 Å². The van der Waals surface area contributed by atoms with Crippen LogP contribution in [0.3, 0.4) is 0 Å².